The van der Waals surface area contributed by atoms with Crippen LogP contribution in [0.4, 0.5) is 0 Å². The van der Waals surface area contributed by atoms with Crippen LogP contribution in [0.25, 0.3) is 0 Å². The van der Waals surface area contributed by atoms with E-state index < -0.39 is 0 Å². The minimum Gasteiger partial charge on any atom is -0.395 e. The van der Waals surface area contributed by atoms with Crippen molar-refractivity contribution < 1.29 is 9.90 Å². The van der Waals surface area contributed by atoms with Crippen molar-refractivity contribution in [1.82, 2.24) is 4.90 Å². The Morgan fingerprint density at radius 3 is 2.05 bits per heavy atom. The van der Waals surface area contributed by atoms with Gasteiger partial charge in [0.15, 0.2) is 0 Å². The zero-order valence-electron chi connectivity index (χ0n) is 11.4. The third kappa shape index (κ3) is 4.30. The molecule has 0 fully saturated rings. The standard InChI is InChI=1S/C17H19NO2/c19-11-10-18(12-15-4-2-1-3-5-15)13-16-6-8-17(14-20)9-7-16/h1-9,14,19H,10-13H2. The molecule has 0 unspecified atom stereocenters. The van der Waals surface area contributed by atoms with E-state index in [0.717, 1.165) is 24.9 Å². The molecule has 0 aliphatic heterocycles. The summed E-state index contributed by atoms with van der Waals surface area (Å²) in [5.74, 6) is 0. The number of carbonyl (C=O) groups excluding carboxylic acids is 1. The van der Waals surface area contributed by atoms with E-state index in [1.54, 1.807) is 0 Å². The lowest BCUT2D eigenvalue weighted by atomic mass is 10.1. The van der Waals surface area contributed by atoms with E-state index in [9.17, 15) is 9.90 Å². The lowest BCUT2D eigenvalue weighted by Crippen LogP contribution is -2.26. The van der Waals surface area contributed by atoms with Crippen LogP contribution in [-0.4, -0.2) is 29.4 Å². The molecule has 0 saturated carbocycles. The molecular weight excluding hydrogens is 250 g/mol. The molecule has 0 bridgehead atoms. The summed E-state index contributed by atoms with van der Waals surface area (Å²) in [6.07, 6.45) is 0.846. The number of nitrogens with zero attached hydrogens (tertiary/aromatic N) is 1. The third-order valence-corrected chi connectivity index (χ3v) is 3.19. The number of hydrogen-bond acceptors (Lipinski definition) is 3. The molecule has 20 heavy (non-hydrogen) atoms. The van der Waals surface area contributed by atoms with Crippen molar-refractivity contribution in [3.8, 4) is 0 Å². The summed E-state index contributed by atoms with van der Waals surface area (Å²) in [6.45, 7) is 2.33. The van der Waals surface area contributed by atoms with Crippen molar-refractivity contribution in [3.05, 3.63) is 71.3 Å². The van der Waals surface area contributed by atoms with Gasteiger partial charge < -0.3 is 5.11 Å². The van der Waals surface area contributed by atoms with Gasteiger partial charge in [-0.25, -0.2) is 0 Å². The van der Waals surface area contributed by atoms with Crippen molar-refractivity contribution in [1.29, 1.82) is 0 Å². The molecule has 0 heterocycles. The molecular formula is C17H19NO2. The smallest absolute Gasteiger partial charge is 0.150 e. The van der Waals surface area contributed by atoms with E-state index in [1.807, 2.05) is 42.5 Å². The van der Waals surface area contributed by atoms with Crippen molar-refractivity contribution in [2.24, 2.45) is 0 Å². The molecule has 0 radical (unpaired) electrons. The molecule has 0 atom stereocenters. The van der Waals surface area contributed by atoms with Crippen LogP contribution in [0.5, 0.6) is 0 Å². The molecule has 0 aliphatic rings. The van der Waals surface area contributed by atoms with E-state index in [0.29, 0.717) is 12.1 Å². The molecule has 2 aromatic carbocycles. The Hall–Kier alpha value is -1.97. The second-order valence-electron chi connectivity index (χ2n) is 4.78. The van der Waals surface area contributed by atoms with Gasteiger partial charge in [0.1, 0.15) is 6.29 Å². The van der Waals surface area contributed by atoms with E-state index in [4.69, 9.17) is 0 Å². The van der Waals surface area contributed by atoms with E-state index in [-0.39, 0.29) is 6.61 Å². The zero-order valence-corrected chi connectivity index (χ0v) is 11.4. The minimum atomic E-state index is 0.138. The first-order valence-electron chi connectivity index (χ1n) is 6.73. The summed E-state index contributed by atoms with van der Waals surface area (Å²) in [4.78, 5) is 12.8. The van der Waals surface area contributed by atoms with Gasteiger partial charge in [0, 0.05) is 25.2 Å². The highest BCUT2D eigenvalue weighted by Crippen LogP contribution is 2.10. The van der Waals surface area contributed by atoms with Crippen LogP contribution in [0.15, 0.2) is 54.6 Å². The number of aliphatic hydroxyl groups excluding tert-OH is 1. The quantitative estimate of drug-likeness (QED) is 0.785. The Kier molecular flexibility index (Phi) is 5.47. The predicted molar refractivity (Wildman–Crippen MR) is 79.5 cm³/mol. The molecule has 0 amide bonds. The van der Waals surface area contributed by atoms with E-state index in [2.05, 4.69) is 17.0 Å². The van der Waals surface area contributed by atoms with Crippen LogP contribution in [0.2, 0.25) is 0 Å². The second-order valence-corrected chi connectivity index (χ2v) is 4.78. The summed E-state index contributed by atoms with van der Waals surface area (Å²) in [5, 5.41) is 9.19. The monoisotopic (exact) mass is 269 g/mol. The molecule has 104 valence electrons. The van der Waals surface area contributed by atoms with Gasteiger partial charge >= 0.3 is 0 Å². The van der Waals surface area contributed by atoms with Crippen molar-refractivity contribution in [2.75, 3.05) is 13.2 Å². The van der Waals surface area contributed by atoms with Gasteiger partial charge in [-0.2, -0.15) is 0 Å². The fourth-order valence-electron chi connectivity index (χ4n) is 2.16. The van der Waals surface area contributed by atoms with Crippen molar-refractivity contribution >= 4 is 6.29 Å². The third-order valence-electron chi connectivity index (χ3n) is 3.19. The van der Waals surface area contributed by atoms with Crippen LogP contribution in [-0.2, 0) is 13.1 Å². The van der Waals surface area contributed by atoms with Gasteiger partial charge in [0.2, 0.25) is 0 Å². The zero-order chi connectivity index (χ0) is 14.2. The van der Waals surface area contributed by atoms with Gasteiger partial charge in [-0.1, -0.05) is 54.6 Å². The average molecular weight is 269 g/mol. The van der Waals surface area contributed by atoms with Gasteiger partial charge in [0.05, 0.1) is 6.61 Å². The Morgan fingerprint density at radius 2 is 1.50 bits per heavy atom. The summed E-state index contributed by atoms with van der Waals surface area (Å²) >= 11 is 0. The fraction of sp³-hybridized carbons (Fsp3) is 0.235. The largest absolute Gasteiger partial charge is 0.395 e. The lowest BCUT2D eigenvalue weighted by Gasteiger charge is -2.21. The summed E-state index contributed by atoms with van der Waals surface area (Å²) in [6, 6.07) is 17.8. The molecule has 2 rings (SSSR count). The Morgan fingerprint density at radius 1 is 0.900 bits per heavy atom. The normalized spacial score (nSPS) is 10.7. The maximum atomic E-state index is 10.6. The van der Waals surface area contributed by atoms with E-state index in [1.165, 1.54) is 5.56 Å². The van der Waals surface area contributed by atoms with Crippen LogP contribution in [0.1, 0.15) is 21.5 Å². The van der Waals surface area contributed by atoms with Gasteiger partial charge in [-0.15, -0.1) is 0 Å². The predicted octanol–water partition coefficient (Wildman–Crippen LogP) is 2.49. The molecule has 2 aromatic rings. The molecule has 0 aliphatic carbocycles. The van der Waals surface area contributed by atoms with Crippen LogP contribution in [0.3, 0.4) is 0 Å². The van der Waals surface area contributed by atoms with Crippen molar-refractivity contribution in [2.45, 2.75) is 13.1 Å². The Balaban J connectivity index is 2.02. The highest BCUT2D eigenvalue weighted by molar-refractivity contribution is 5.74. The molecule has 3 heteroatoms. The maximum absolute atomic E-state index is 10.6. The topological polar surface area (TPSA) is 40.5 Å². The molecule has 1 N–H and O–H groups in total. The Bertz CT molecular complexity index is 522. The first kappa shape index (κ1) is 14.4. The first-order chi connectivity index (χ1) is 9.81. The lowest BCUT2D eigenvalue weighted by molar-refractivity contribution is 0.112. The second kappa shape index (κ2) is 7.58. The summed E-state index contributed by atoms with van der Waals surface area (Å²) < 4.78 is 0. The maximum Gasteiger partial charge on any atom is 0.150 e. The summed E-state index contributed by atoms with van der Waals surface area (Å²) in [7, 11) is 0. The Labute approximate surface area is 119 Å². The number of benzene rings is 2. The molecule has 0 saturated heterocycles. The van der Waals surface area contributed by atoms with Gasteiger partial charge in [-0.3, -0.25) is 9.69 Å². The highest BCUT2D eigenvalue weighted by atomic mass is 16.3. The first-order valence-corrected chi connectivity index (χ1v) is 6.73. The van der Waals surface area contributed by atoms with Crippen molar-refractivity contribution in [3.63, 3.8) is 0 Å². The van der Waals surface area contributed by atoms with Crippen LogP contribution < -0.4 is 0 Å². The average Bonchev–Trinajstić information content (AvgIpc) is 2.49. The summed E-state index contributed by atoms with van der Waals surface area (Å²) in [5.41, 5.74) is 3.05. The SMILES string of the molecule is O=Cc1ccc(CN(CCO)Cc2ccccc2)cc1. The van der Waals surface area contributed by atoms with Gasteiger partial charge in [-0.05, 0) is 11.1 Å². The minimum absolute atomic E-state index is 0.138. The number of aliphatic hydroxyl groups is 1. The number of aldehydes is 1. The number of hydrogen-bond donors (Lipinski definition) is 1. The number of rotatable bonds is 7. The molecule has 0 spiro atoms. The highest BCUT2D eigenvalue weighted by Gasteiger charge is 2.06. The van der Waals surface area contributed by atoms with Crippen LogP contribution in [0, 0.1) is 0 Å². The fourth-order valence-corrected chi connectivity index (χ4v) is 2.16. The molecule has 3 nitrogen and oxygen atoms in total. The van der Waals surface area contributed by atoms with Gasteiger partial charge in [0.25, 0.3) is 0 Å². The van der Waals surface area contributed by atoms with Crippen LogP contribution >= 0.6 is 0 Å². The molecule has 0 aromatic heterocycles. The van der Waals surface area contributed by atoms with E-state index >= 15 is 0 Å². The number of carbonyl (C=O) groups is 1.